The lowest BCUT2D eigenvalue weighted by atomic mass is 9.67. The molecule has 0 radical (unpaired) electrons. The van der Waals surface area contributed by atoms with E-state index in [1.54, 1.807) is 0 Å². The molecular weight excluding hydrogens is 523 g/mol. The maximum atomic E-state index is 14.5. The molecule has 0 spiro atoms. The highest BCUT2D eigenvalue weighted by molar-refractivity contribution is 5.11. The fraction of sp³-hybridized carbons (Fsp3) is 1.00. The zero-order valence-electron chi connectivity index (χ0n) is 19.7. The second-order valence-electron chi connectivity index (χ2n) is 10.3. The summed E-state index contributed by atoms with van der Waals surface area (Å²) in [6.07, 6.45) is -1.30. The lowest BCUT2D eigenvalue weighted by Gasteiger charge is -2.44. The average molecular weight is 554 g/mol. The molecule has 0 aromatic heterocycles. The summed E-state index contributed by atoms with van der Waals surface area (Å²) >= 11 is 0. The van der Waals surface area contributed by atoms with E-state index in [1.807, 2.05) is 0 Å². The first-order valence-electron chi connectivity index (χ1n) is 12.2. The van der Waals surface area contributed by atoms with Gasteiger partial charge in [-0.1, -0.05) is 45.4 Å². The van der Waals surface area contributed by atoms with Crippen LogP contribution in [0.2, 0.25) is 0 Å². The number of hydrogen-bond acceptors (Lipinski definition) is 0. The standard InChI is InChI=1S/C23H31F13/c1-2-3-4-5-14-6-8-15(9-7-14)16-10-12-17(13-11-16)18(24,25)19(26,27)20(28,29)21(30,31)22(32,33)23(34,35)36/h14-17H,2-13H2,1H3. The molecule has 0 aliphatic heterocycles. The third kappa shape index (κ3) is 5.45. The van der Waals surface area contributed by atoms with E-state index in [-0.39, 0.29) is 24.7 Å². The van der Waals surface area contributed by atoms with Crippen molar-refractivity contribution >= 4 is 0 Å². The molecule has 36 heavy (non-hydrogen) atoms. The Morgan fingerprint density at radius 1 is 0.500 bits per heavy atom. The Morgan fingerprint density at radius 2 is 0.917 bits per heavy atom. The van der Waals surface area contributed by atoms with Gasteiger partial charge in [0.15, 0.2) is 0 Å². The molecule has 2 aliphatic rings. The van der Waals surface area contributed by atoms with E-state index in [0.29, 0.717) is 5.92 Å². The first-order chi connectivity index (χ1) is 16.3. The summed E-state index contributed by atoms with van der Waals surface area (Å²) in [4.78, 5) is 0. The van der Waals surface area contributed by atoms with Crippen LogP contribution in [0.5, 0.6) is 0 Å². The van der Waals surface area contributed by atoms with Crippen molar-refractivity contribution in [3.8, 4) is 0 Å². The normalized spacial score (nSPS) is 27.8. The van der Waals surface area contributed by atoms with Gasteiger partial charge in [-0.05, 0) is 56.3 Å². The van der Waals surface area contributed by atoms with E-state index < -0.39 is 54.5 Å². The molecule has 13 heteroatoms. The van der Waals surface area contributed by atoms with E-state index in [2.05, 4.69) is 6.92 Å². The number of unbranched alkanes of at least 4 members (excludes halogenated alkanes) is 2. The van der Waals surface area contributed by atoms with Crippen molar-refractivity contribution in [3.63, 3.8) is 0 Å². The van der Waals surface area contributed by atoms with Gasteiger partial charge in [-0.25, -0.2) is 0 Å². The average Bonchev–Trinajstić information content (AvgIpc) is 2.78. The number of halogens is 13. The lowest BCUT2D eigenvalue weighted by molar-refractivity contribution is -0.443. The van der Waals surface area contributed by atoms with Gasteiger partial charge in [0.1, 0.15) is 0 Å². The summed E-state index contributed by atoms with van der Waals surface area (Å²) in [6.45, 7) is 2.08. The third-order valence-corrected chi connectivity index (χ3v) is 8.02. The smallest absolute Gasteiger partial charge is 0.199 e. The second-order valence-corrected chi connectivity index (χ2v) is 10.3. The summed E-state index contributed by atoms with van der Waals surface area (Å²) in [5, 5.41) is 0. The van der Waals surface area contributed by atoms with Crippen LogP contribution < -0.4 is 0 Å². The van der Waals surface area contributed by atoms with Crippen LogP contribution in [0.25, 0.3) is 0 Å². The monoisotopic (exact) mass is 554 g/mol. The maximum absolute atomic E-state index is 14.5. The van der Waals surface area contributed by atoms with E-state index >= 15 is 0 Å². The zero-order chi connectivity index (χ0) is 27.8. The molecule has 2 saturated carbocycles. The first kappa shape index (κ1) is 31.3. The number of alkyl halides is 13. The number of rotatable bonds is 10. The van der Waals surface area contributed by atoms with Gasteiger partial charge in [0.05, 0.1) is 0 Å². The Morgan fingerprint density at radius 3 is 1.33 bits per heavy atom. The van der Waals surface area contributed by atoms with Crippen molar-refractivity contribution in [3.05, 3.63) is 0 Å². The molecule has 0 nitrogen and oxygen atoms in total. The van der Waals surface area contributed by atoms with Gasteiger partial charge in [-0.2, -0.15) is 57.1 Å². The highest BCUT2D eigenvalue weighted by atomic mass is 19.4. The Hall–Kier alpha value is -0.910. The molecule has 2 aliphatic carbocycles. The van der Waals surface area contributed by atoms with Crippen molar-refractivity contribution in [2.45, 2.75) is 120 Å². The quantitative estimate of drug-likeness (QED) is 0.186. The molecule has 0 aromatic rings. The summed E-state index contributed by atoms with van der Waals surface area (Å²) in [7, 11) is 0. The summed E-state index contributed by atoms with van der Waals surface area (Å²) in [6, 6.07) is 0. The van der Waals surface area contributed by atoms with E-state index in [0.717, 1.165) is 51.4 Å². The minimum absolute atomic E-state index is 0.0812. The third-order valence-electron chi connectivity index (χ3n) is 8.02. The van der Waals surface area contributed by atoms with Crippen molar-refractivity contribution in [2.75, 3.05) is 0 Å². The van der Waals surface area contributed by atoms with Crippen LogP contribution in [-0.2, 0) is 0 Å². The van der Waals surface area contributed by atoms with Gasteiger partial charge < -0.3 is 0 Å². The van der Waals surface area contributed by atoms with Crippen molar-refractivity contribution in [2.24, 2.45) is 23.7 Å². The lowest BCUT2D eigenvalue weighted by Crippen LogP contribution is -2.71. The molecule has 0 atom stereocenters. The van der Waals surface area contributed by atoms with Crippen molar-refractivity contribution < 1.29 is 57.1 Å². The van der Waals surface area contributed by atoms with Crippen LogP contribution in [0.1, 0.15) is 84.0 Å². The van der Waals surface area contributed by atoms with Gasteiger partial charge in [0, 0.05) is 5.92 Å². The van der Waals surface area contributed by atoms with Gasteiger partial charge in [-0.15, -0.1) is 0 Å². The van der Waals surface area contributed by atoms with E-state index in [4.69, 9.17) is 0 Å². The van der Waals surface area contributed by atoms with Crippen molar-refractivity contribution in [1.29, 1.82) is 0 Å². The minimum Gasteiger partial charge on any atom is -0.199 e. The van der Waals surface area contributed by atoms with Crippen LogP contribution in [-0.4, -0.2) is 35.8 Å². The van der Waals surface area contributed by atoms with Gasteiger partial charge in [-0.3, -0.25) is 0 Å². The van der Waals surface area contributed by atoms with E-state index in [9.17, 15) is 57.1 Å². The van der Waals surface area contributed by atoms with Crippen LogP contribution in [0.4, 0.5) is 57.1 Å². The fourth-order valence-electron chi connectivity index (χ4n) is 5.62. The Labute approximate surface area is 201 Å². The highest BCUT2D eigenvalue weighted by Crippen LogP contribution is 2.62. The zero-order valence-corrected chi connectivity index (χ0v) is 19.7. The fourth-order valence-corrected chi connectivity index (χ4v) is 5.62. The maximum Gasteiger partial charge on any atom is 0.460 e. The molecule has 0 N–H and O–H groups in total. The first-order valence-corrected chi connectivity index (χ1v) is 12.2. The van der Waals surface area contributed by atoms with Gasteiger partial charge in [0.2, 0.25) is 0 Å². The number of hydrogen-bond donors (Lipinski definition) is 0. The predicted octanol–water partition coefficient (Wildman–Crippen LogP) is 9.92. The molecule has 0 amide bonds. The van der Waals surface area contributed by atoms with Gasteiger partial charge in [0.25, 0.3) is 0 Å². The molecule has 2 rings (SSSR count). The summed E-state index contributed by atoms with van der Waals surface area (Å²) in [5.41, 5.74) is 0. The molecule has 0 unspecified atom stereocenters. The van der Waals surface area contributed by atoms with E-state index in [1.165, 1.54) is 0 Å². The Balaban J connectivity index is 2.07. The van der Waals surface area contributed by atoms with Gasteiger partial charge >= 0.3 is 35.8 Å². The molecule has 0 bridgehead atoms. The topological polar surface area (TPSA) is 0 Å². The Bertz CT molecular complexity index is 697. The summed E-state index contributed by atoms with van der Waals surface area (Å²) < 4.78 is 174. The summed E-state index contributed by atoms with van der Waals surface area (Å²) in [5.74, 6) is -38.4. The molecular formula is C23H31F13. The Kier molecular flexibility index (Phi) is 9.30. The van der Waals surface area contributed by atoms with Crippen LogP contribution in [0, 0.1) is 23.7 Å². The van der Waals surface area contributed by atoms with Crippen molar-refractivity contribution in [1.82, 2.24) is 0 Å². The van der Waals surface area contributed by atoms with Crippen LogP contribution in [0.3, 0.4) is 0 Å². The highest BCUT2D eigenvalue weighted by Gasteiger charge is 2.91. The second kappa shape index (κ2) is 10.7. The minimum atomic E-state index is -7.82. The molecule has 0 heterocycles. The van der Waals surface area contributed by atoms with Crippen LogP contribution >= 0.6 is 0 Å². The van der Waals surface area contributed by atoms with Crippen LogP contribution in [0.15, 0.2) is 0 Å². The SMILES string of the molecule is CCCCCC1CCC(C2CCC(C(F)(F)C(F)(F)C(F)(F)C(F)(F)C(F)(F)C(F)(F)F)CC2)CC1. The predicted molar refractivity (Wildman–Crippen MR) is 106 cm³/mol. The molecule has 0 aromatic carbocycles. The molecule has 214 valence electrons. The molecule has 0 saturated heterocycles. The molecule has 2 fully saturated rings. The largest absolute Gasteiger partial charge is 0.460 e.